The van der Waals surface area contributed by atoms with E-state index in [-0.39, 0.29) is 0 Å². The van der Waals surface area contributed by atoms with Gasteiger partial charge in [0.05, 0.1) is 12.3 Å². The summed E-state index contributed by atoms with van der Waals surface area (Å²) in [6.07, 6.45) is 4.75. The third-order valence-electron chi connectivity index (χ3n) is 3.22. The van der Waals surface area contributed by atoms with Crippen LogP contribution in [-0.2, 0) is 13.0 Å². The molecule has 2 N–H and O–H groups in total. The monoisotopic (exact) mass is 288 g/mol. The van der Waals surface area contributed by atoms with Crippen LogP contribution in [0, 0.1) is 13.8 Å². The predicted molar refractivity (Wildman–Crippen MR) is 83.4 cm³/mol. The number of nitrogens with zero attached hydrogens (tertiary/aromatic N) is 3. The van der Waals surface area contributed by atoms with Gasteiger partial charge in [-0.2, -0.15) is 0 Å². The normalized spacial score (nSPS) is 10.8. The number of hydrogen-bond acceptors (Lipinski definition) is 4. The van der Waals surface area contributed by atoms with E-state index in [4.69, 9.17) is 10.5 Å². The van der Waals surface area contributed by atoms with E-state index >= 15 is 0 Å². The minimum atomic E-state index is 0.681. The Bertz CT molecular complexity index is 545. The van der Waals surface area contributed by atoms with Gasteiger partial charge in [0.25, 0.3) is 0 Å². The van der Waals surface area contributed by atoms with Gasteiger partial charge in [0.1, 0.15) is 5.75 Å². The highest BCUT2D eigenvalue weighted by atomic mass is 16.5. The van der Waals surface area contributed by atoms with Crippen molar-refractivity contribution in [1.29, 1.82) is 0 Å². The molecule has 21 heavy (non-hydrogen) atoms. The fourth-order valence-corrected chi connectivity index (χ4v) is 2.28. The van der Waals surface area contributed by atoms with Crippen molar-refractivity contribution in [3.05, 3.63) is 41.2 Å². The van der Waals surface area contributed by atoms with Gasteiger partial charge in [-0.3, -0.25) is 4.68 Å². The van der Waals surface area contributed by atoms with E-state index in [9.17, 15) is 0 Å². The maximum atomic E-state index is 5.78. The maximum absolute atomic E-state index is 5.78. The largest absolute Gasteiger partial charge is 0.494 e. The molecule has 0 saturated carbocycles. The summed E-state index contributed by atoms with van der Waals surface area (Å²) >= 11 is 0. The lowest BCUT2D eigenvalue weighted by molar-refractivity contribution is 0.297. The molecule has 0 unspecified atom stereocenters. The highest BCUT2D eigenvalue weighted by Gasteiger charge is 2.01. The van der Waals surface area contributed by atoms with E-state index < -0.39 is 0 Å². The molecule has 5 heteroatoms. The Kier molecular flexibility index (Phi) is 5.75. The number of hydrogen-bond donors (Lipinski definition) is 1. The molecule has 114 valence electrons. The third kappa shape index (κ3) is 5.19. The van der Waals surface area contributed by atoms with Crippen LogP contribution >= 0.6 is 0 Å². The summed E-state index contributed by atoms with van der Waals surface area (Å²) in [6, 6.07) is 6.27. The molecule has 5 nitrogen and oxygen atoms in total. The van der Waals surface area contributed by atoms with Crippen LogP contribution in [0.3, 0.4) is 0 Å². The number of benzene rings is 1. The molecular weight excluding hydrogens is 264 g/mol. The zero-order chi connectivity index (χ0) is 15.1. The lowest BCUT2D eigenvalue weighted by Crippen LogP contribution is -2.05. The first-order chi connectivity index (χ1) is 10.2. The molecule has 0 saturated heterocycles. The van der Waals surface area contributed by atoms with Crippen LogP contribution in [0.2, 0.25) is 0 Å². The third-order valence-corrected chi connectivity index (χ3v) is 3.22. The fourth-order valence-electron chi connectivity index (χ4n) is 2.28. The summed E-state index contributed by atoms with van der Waals surface area (Å²) in [5.74, 6) is 0.940. The highest BCUT2D eigenvalue weighted by Crippen LogP contribution is 2.16. The summed E-state index contributed by atoms with van der Waals surface area (Å²) in [5, 5.41) is 8.24. The molecule has 0 bridgehead atoms. The number of nitrogens with two attached hydrogens (primary N) is 1. The Morgan fingerprint density at radius 1 is 1.14 bits per heavy atom. The molecule has 2 aromatic rings. The summed E-state index contributed by atoms with van der Waals surface area (Å²) in [5.41, 5.74) is 8.95. The van der Waals surface area contributed by atoms with Crippen LogP contribution in [0.25, 0.3) is 0 Å². The summed E-state index contributed by atoms with van der Waals surface area (Å²) in [6.45, 7) is 6.36. The van der Waals surface area contributed by atoms with Gasteiger partial charge in [-0.05, 0) is 56.5 Å². The smallest absolute Gasteiger partial charge is 0.119 e. The van der Waals surface area contributed by atoms with Crippen molar-refractivity contribution in [2.45, 2.75) is 39.7 Å². The van der Waals surface area contributed by atoms with E-state index in [0.717, 1.165) is 37.3 Å². The van der Waals surface area contributed by atoms with Gasteiger partial charge < -0.3 is 10.5 Å². The molecule has 0 radical (unpaired) electrons. The van der Waals surface area contributed by atoms with Gasteiger partial charge in [0.15, 0.2) is 0 Å². The summed E-state index contributed by atoms with van der Waals surface area (Å²) < 4.78 is 7.65. The topological polar surface area (TPSA) is 66.0 Å². The number of aromatic nitrogens is 3. The minimum absolute atomic E-state index is 0.681. The molecule has 0 fully saturated rings. The second-order valence-electron chi connectivity index (χ2n) is 5.39. The molecule has 0 aliphatic rings. The van der Waals surface area contributed by atoms with Gasteiger partial charge in [-0.15, -0.1) is 5.10 Å². The molecule has 2 rings (SSSR count). The van der Waals surface area contributed by atoms with E-state index in [1.165, 1.54) is 11.1 Å². The molecule has 0 spiro atoms. The van der Waals surface area contributed by atoms with Crippen LogP contribution in [0.1, 0.15) is 29.7 Å². The fraction of sp³-hybridized carbons (Fsp3) is 0.500. The molecule has 0 aliphatic carbocycles. The molecule has 0 atom stereocenters. The first-order valence-electron chi connectivity index (χ1n) is 7.47. The Hall–Kier alpha value is -1.88. The Morgan fingerprint density at radius 2 is 1.90 bits per heavy atom. The summed E-state index contributed by atoms with van der Waals surface area (Å²) in [4.78, 5) is 0. The molecule has 1 aromatic carbocycles. The Labute approximate surface area is 126 Å². The standard InChI is InChI=1S/C16H24N4O/c1-13-9-14(2)11-16(10-13)21-8-4-7-20-12-15(18-19-20)5-3-6-17/h9-12H,3-8,17H2,1-2H3. The van der Waals surface area contributed by atoms with Crippen molar-refractivity contribution in [3.63, 3.8) is 0 Å². The average Bonchev–Trinajstić information content (AvgIpc) is 2.88. The molecule has 0 aliphatic heterocycles. The van der Waals surface area contributed by atoms with Crippen molar-refractivity contribution in [2.24, 2.45) is 5.73 Å². The maximum Gasteiger partial charge on any atom is 0.119 e. The van der Waals surface area contributed by atoms with Crippen molar-refractivity contribution in [2.75, 3.05) is 13.2 Å². The lowest BCUT2D eigenvalue weighted by atomic mass is 10.1. The first-order valence-corrected chi connectivity index (χ1v) is 7.47. The van der Waals surface area contributed by atoms with Crippen LogP contribution in [0.5, 0.6) is 5.75 Å². The Balaban J connectivity index is 1.73. The second kappa shape index (κ2) is 7.78. The van der Waals surface area contributed by atoms with Gasteiger partial charge in [0, 0.05) is 19.2 Å². The van der Waals surface area contributed by atoms with Gasteiger partial charge in [0.2, 0.25) is 0 Å². The quantitative estimate of drug-likeness (QED) is 0.757. The van der Waals surface area contributed by atoms with E-state index in [1.807, 2.05) is 10.9 Å². The van der Waals surface area contributed by atoms with Gasteiger partial charge in [-0.1, -0.05) is 11.3 Å². The van der Waals surface area contributed by atoms with Crippen molar-refractivity contribution in [1.82, 2.24) is 15.0 Å². The lowest BCUT2D eigenvalue weighted by Gasteiger charge is -2.08. The number of rotatable bonds is 8. The second-order valence-corrected chi connectivity index (χ2v) is 5.39. The van der Waals surface area contributed by atoms with Crippen LogP contribution < -0.4 is 10.5 Å². The zero-order valence-corrected chi connectivity index (χ0v) is 12.9. The van der Waals surface area contributed by atoms with Crippen molar-refractivity contribution in [3.8, 4) is 5.75 Å². The summed E-state index contributed by atoms with van der Waals surface area (Å²) in [7, 11) is 0. The van der Waals surface area contributed by atoms with Crippen molar-refractivity contribution < 1.29 is 4.74 Å². The van der Waals surface area contributed by atoms with Crippen LogP contribution in [0.15, 0.2) is 24.4 Å². The Morgan fingerprint density at radius 3 is 2.62 bits per heavy atom. The molecule has 1 heterocycles. The van der Waals surface area contributed by atoms with Gasteiger partial charge in [-0.25, -0.2) is 0 Å². The zero-order valence-electron chi connectivity index (χ0n) is 12.9. The SMILES string of the molecule is Cc1cc(C)cc(OCCCn2cc(CCCN)nn2)c1. The minimum Gasteiger partial charge on any atom is -0.494 e. The van der Waals surface area contributed by atoms with Gasteiger partial charge >= 0.3 is 0 Å². The van der Waals surface area contributed by atoms with E-state index in [0.29, 0.717) is 13.2 Å². The van der Waals surface area contributed by atoms with Crippen LogP contribution in [0.4, 0.5) is 0 Å². The molecule has 1 aromatic heterocycles. The molecular formula is C16H24N4O. The van der Waals surface area contributed by atoms with E-state index in [1.54, 1.807) is 0 Å². The van der Waals surface area contributed by atoms with Crippen molar-refractivity contribution >= 4 is 0 Å². The van der Waals surface area contributed by atoms with Crippen LogP contribution in [-0.4, -0.2) is 28.1 Å². The average molecular weight is 288 g/mol. The highest BCUT2D eigenvalue weighted by molar-refractivity contribution is 5.32. The molecule has 0 amide bonds. The van der Waals surface area contributed by atoms with E-state index in [2.05, 4.69) is 42.4 Å². The number of ether oxygens (including phenoxy) is 1. The number of aryl methyl sites for hydroxylation is 4. The first kappa shape index (κ1) is 15.5. The predicted octanol–water partition coefficient (Wildman–Crippen LogP) is 2.26.